The van der Waals surface area contributed by atoms with Crippen molar-refractivity contribution in [2.75, 3.05) is 7.11 Å². The van der Waals surface area contributed by atoms with E-state index in [1.54, 1.807) is 13.0 Å². The van der Waals surface area contributed by atoms with Gasteiger partial charge in [-0.1, -0.05) is 11.6 Å². The quantitative estimate of drug-likeness (QED) is 0.790. The van der Waals surface area contributed by atoms with Gasteiger partial charge in [0, 0.05) is 15.5 Å². The molecule has 94 valence electrons. The highest BCUT2D eigenvalue weighted by molar-refractivity contribution is 7.15. The molecule has 0 spiro atoms. The van der Waals surface area contributed by atoms with Crippen LogP contribution in [0.5, 0.6) is 0 Å². The van der Waals surface area contributed by atoms with Crippen LogP contribution in [0, 0.1) is 12.7 Å². The first-order valence-electron chi connectivity index (χ1n) is 5.03. The SMILES string of the molecule is COC(=O)c1nc(-c2cc(F)cc(Cl)c2)sc1C. The molecule has 0 amide bonds. The van der Waals surface area contributed by atoms with Crippen LogP contribution in [0.15, 0.2) is 18.2 Å². The predicted molar refractivity (Wildman–Crippen MR) is 68.6 cm³/mol. The van der Waals surface area contributed by atoms with E-state index >= 15 is 0 Å². The number of halogens is 2. The van der Waals surface area contributed by atoms with E-state index < -0.39 is 11.8 Å². The summed E-state index contributed by atoms with van der Waals surface area (Å²) in [6.07, 6.45) is 0. The Morgan fingerprint density at radius 1 is 1.44 bits per heavy atom. The molecule has 0 aliphatic carbocycles. The third kappa shape index (κ3) is 2.52. The number of methoxy groups -OCH3 is 1. The van der Waals surface area contributed by atoms with Crippen LogP contribution in [-0.4, -0.2) is 18.1 Å². The van der Waals surface area contributed by atoms with Crippen molar-refractivity contribution in [2.45, 2.75) is 6.92 Å². The third-order valence-corrected chi connectivity index (χ3v) is 3.52. The topological polar surface area (TPSA) is 39.2 Å². The third-order valence-electron chi connectivity index (χ3n) is 2.28. The number of ether oxygens (including phenoxy) is 1. The van der Waals surface area contributed by atoms with Crippen LogP contribution in [0.25, 0.3) is 10.6 Å². The monoisotopic (exact) mass is 285 g/mol. The molecule has 0 atom stereocenters. The first-order chi connectivity index (χ1) is 8.51. The molecular weight excluding hydrogens is 277 g/mol. The van der Waals surface area contributed by atoms with Gasteiger partial charge in [0.2, 0.25) is 0 Å². The fourth-order valence-corrected chi connectivity index (χ4v) is 2.59. The lowest BCUT2D eigenvalue weighted by atomic mass is 10.2. The number of carbonyl (C=O) groups excluding carboxylic acids is 1. The van der Waals surface area contributed by atoms with Crippen molar-refractivity contribution in [3.8, 4) is 10.6 Å². The van der Waals surface area contributed by atoms with Crippen molar-refractivity contribution in [1.82, 2.24) is 4.98 Å². The lowest BCUT2D eigenvalue weighted by Gasteiger charge is -1.98. The number of esters is 1. The van der Waals surface area contributed by atoms with Crippen molar-refractivity contribution in [2.24, 2.45) is 0 Å². The lowest BCUT2D eigenvalue weighted by molar-refractivity contribution is 0.0594. The summed E-state index contributed by atoms with van der Waals surface area (Å²) < 4.78 is 17.9. The molecule has 1 heterocycles. The van der Waals surface area contributed by atoms with E-state index in [2.05, 4.69) is 9.72 Å². The van der Waals surface area contributed by atoms with E-state index in [1.165, 1.54) is 30.6 Å². The van der Waals surface area contributed by atoms with Gasteiger partial charge < -0.3 is 4.74 Å². The molecule has 6 heteroatoms. The van der Waals surface area contributed by atoms with Crippen molar-refractivity contribution in [1.29, 1.82) is 0 Å². The van der Waals surface area contributed by atoms with Crippen LogP contribution in [0.3, 0.4) is 0 Å². The smallest absolute Gasteiger partial charge is 0.357 e. The minimum absolute atomic E-state index is 0.248. The molecule has 1 aromatic carbocycles. The fourth-order valence-electron chi connectivity index (χ4n) is 1.48. The van der Waals surface area contributed by atoms with Crippen LogP contribution in [0.4, 0.5) is 4.39 Å². The second-order valence-corrected chi connectivity index (χ2v) is 5.21. The summed E-state index contributed by atoms with van der Waals surface area (Å²) in [5, 5.41) is 0.826. The number of nitrogens with zero attached hydrogens (tertiary/aromatic N) is 1. The van der Waals surface area contributed by atoms with Crippen LogP contribution in [-0.2, 0) is 4.74 Å². The van der Waals surface area contributed by atoms with Crippen molar-refractivity contribution >= 4 is 28.9 Å². The predicted octanol–water partition coefficient (Wildman–Crippen LogP) is 3.70. The van der Waals surface area contributed by atoms with Gasteiger partial charge in [-0.25, -0.2) is 14.2 Å². The number of hydrogen-bond acceptors (Lipinski definition) is 4. The van der Waals surface area contributed by atoms with Crippen LogP contribution >= 0.6 is 22.9 Å². The van der Waals surface area contributed by atoms with Gasteiger partial charge in [0.15, 0.2) is 5.69 Å². The van der Waals surface area contributed by atoms with Gasteiger partial charge in [0.25, 0.3) is 0 Å². The number of aryl methyl sites for hydroxylation is 1. The van der Waals surface area contributed by atoms with Gasteiger partial charge in [0.05, 0.1) is 7.11 Å². The highest BCUT2D eigenvalue weighted by Gasteiger charge is 2.17. The van der Waals surface area contributed by atoms with E-state index in [0.29, 0.717) is 10.6 Å². The summed E-state index contributed by atoms with van der Waals surface area (Å²) in [5.74, 6) is -0.942. The molecule has 3 nitrogen and oxygen atoms in total. The Morgan fingerprint density at radius 3 is 2.78 bits per heavy atom. The number of hydrogen-bond donors (Lipinski definition) is 0. The molecule has 0 aliphatic heterocycles. The highest BCUT2D eigenvalue weighted by atomic mass is 35.5. The van der Waals surface area contributed by atoms with Crippen molar-refractivity contribution in [3.63, 3.8) is 0 Å². The summed E-state index contributed by atoms with van der Waals surface area (Å²) in [6.45, 7) is 1.76. The Bertz CT molecular complexity index is 592. The first-order valence-corrected chi connectivity index (χ1v) is 6.23. The van der Waals surface area contributed by atoms with E-state index in [1.807, 2.05) is 0 Å². The molecule has 0 saturated carbocycles. The maximum Gasteiger partial charge on any atom is 0.357 e. The number of thiazole rings is 1. The molecule has 0 radical (unpaired) electrons. The molecule has 18 heavy (non-hydrogen) atoms. The maximum atomic E-state index is 13.2. The molecule has 0 fully saturated rings. The van der Waals surface area contributed by atoms with Gasteiger partial charge in [-0.3, -0.25) is 0 Å². The summed E-state index contributed by atoms with van der Waals surface area (Å²) in [6, 6.07) is 4.14. The van der Waals surface area contributed by atoms with Gasteiger partial charge in [-0.2, -0.15) is 0 Å². The molecule has 0 N–H and O–H groups in total. The standard InChI is InChI=1S/C12H9ClFNO2S/c1-6-10(12(16)17-2)15-11(18-6)7-3-8(13)5-9(14)4-7/h3-5H,1-2H3. The molecule has 2 aromatic rings. The lowest BCUT2D eigenvalue weighted by Crippen LogP contribution is -2.03. The Hall–Kier alpha value is -1.46. The summed E-state index contributed by atoms with van der Waals surface area (Å²) in [7, 11) is 1.29. The second-order valence-electron chi connectivity index (χ2n) is 3.57. The Morgan fingerprint density at radius 2 is 2.17 bits per heavy atom. The Kier molecular flexibility index (Phi) is 3.63. The molecule has 0 aliphatic rings. The minimum atomic E-state index is -0.502. The molecule has 0 unspecified atom stereocenters. The second kappa shape index (κ2) is 5.04. The number of aromatic nitrogens is 1. The Labute approximate surface area is 112 Å². The number of carbonyl (C=O) groups is 1. The summed E-state index contributed by atoms with van der Waals surface area (Å²) in [5.41, 5.74) is 0.793. The molecule has 0 bridgehead atoms. The first kappa shape index (κ1) is 13.0. The average Bonchev–Trinajstić information content (AvgIpc) is 2.69. The zero-order valence-corrected chi connectivity index (χ0v) is 11.2. The number of rotatable bonds is 2. The van der Waals surface area contributed by atoms with Gasteiger partial charge in [0.1, 0.15) is 10.8 Å². The van der Waals surface area contributed by atoms with Crippen LogP contribution in [0.1, 0.15) is 15.4 Å². The largest absolute Gasteiger partial charge is 0.464 e. The molecule has 0 saturated heterocycles. The maximum absolute atomic E-state index is 13.2. The molecule has 1 aromatic heterocycles. The van der Waals surface area contributed by atoms with Crippen LogP contribution < -0.4 is 0 Å². The zero-order valence-electron chi connectivity index (χ0n) is 9.66. The van der Waals surface area contributed by atoms with E-state index in [0.717, 1.165) is 4.88 Å². The van der Waals surface area contributed by atoms with Gasteiger partial charge in [-0.05, 0) is 25.1 Å². The summed E-state index contributed by atoms with van der Waals surface area (Å²) >= 11 is 7.07. The van der Waals surface area contributed by atoms with E-state index in [9.17, 15) is 9.18 Å². The normalized spacial score (nSPS) is 10.4. The minimum Gasteiger partial charge on any atom is -0.464 e. The van der Waals surface area contributed by atoms with Gasteiger partial charge in [-0.15, -0.1) is 11.3 Å². The van der Waals surface area contributed by atoms with Crippen molar-refractivity contribution in [3.05, 3.63) is 39.6 Å². The van der Waals surface area contributed by atoms with Gasteiger partial charge >= 0.3 is 5.97 Å². The zero-order chi connectivity index (χ0) is 13.3. The Balaban J connectivity index is 2.48. The average molecular weight is 286 g/mol. The molecule has 2 rings (SSSR count). The molecular formula is C12H9ClFNO2S. The van der Waals surface area contributed by atoms with E-state index in [-0.39, 0.29) is 10.7 Å². The number of benzene rings is 1. The fraction of sp³-hybridized carbons (Fsp3) is 0.167. The van der Waals surface area contributed by atoms with Crippen LogP contribution in [0.2, 0.25) is 5.02 Å². The van der Waals surface area contributed by atoms with E-state index in [4.69, 9.17) is 11.6 Å². The van der Waals surface area contributed by atoms with Crippen molar-refractivity contribution < 1.29 is 13.9 Å². The highest BCUT2D eigenvalue weighted by Crippen LogP contribution is 2.30. The summed E-state index contributed by atoms with van der Waals surface area (Å²) in [4.78, 5) is 16.3.